The second-order valence-electron chi connectivity index (χ2n) is 5.77. The van der Waals surface area contributed by atoms with Crippen LogP contribution in [-0.2, 0) is 7.05 Å². The summed E-state index contributed by atoms with van der Waals surface area (Å²) in [6.07, 6.45) is 0. The zero-order valence-corrected chi connectivity index (χ0v) is 14.3. The topological polar surface area (TPSA) is 99.7 Å². The van der Waals surface area contributed by atoms with E-state index in [0.717, 1.165) is 11.3 Å². The molecule has 0 aliphatic carbocycles. The quantitative estimate of drug-likeness (QED) is 0.496. The average molecular weight is 350 g/mol. The molecule has 0 spiro atoms. The molecule has 3 aromatic rings. The summed E-state index contributed by atoms with van der Waals surface area (Å²) in [6, 6.07) is 14.9. The number of anilines is 1. The molecule has 0 aliphatic heterocycles. The summed E-state index contributed by atoms with van der Waals surface area (Å²) in [6.45, 7) is 1.75. The van der Waals surface area contributed by atoms with Crippen LogP contribution in [0, 0.1) is 0 Å². The summed E-state index contributed by atoms with van der Waals surface area (Å²) in [5, 5.41) is 27.7. The van der Waals surface area contributed by atoms with E-state index >= 15 is 0 Å². The molecule has 0 bridgehead atoms. The van der Waals surface area contributed by atoms with Gasteiger partial charge in [-0.05, 0) is 37.3 Å². The third-order valence-electron chi connectivity index (χ3n) is 3.86. The van der Waals surface area contributed by atoms with E-state index < -0.39 is 0 Å². The summed E-state index contributed by atoms with van der Waals surface area (Å²) in [4.78, 5) is 11.4. The van der Waals surface area contributed by atoms with E-state index in [4.69, 9.17) is 0 Å². The molecule has 0 saturated heterocycles. The normalized spacial score (nSPS) is 11.4. The molecule has 0 radical (unpaired) electrons. The average Bonchev–Trinajstić information content (AvgIpc) is 2.62. The number of hydrogen-bond acceptors (Lipinski definition) is 6. The predicted octanol–water partition coefficient (Wildman–Crippen LogP) is 2.69. The van der Waals surface area contributed by atoms with E-state index in [9.17, 15) is 15.0 Å². The number of phenols is 2. The smallest absolute Gasteiger partial charge is 0.266 e. The Hall–Kier alpha value is -3.61. The van der Waals surface area contributed by atoms with Gasteiger partial charge < -0.3 is 10.2 Å². The lowest BCUT2D eigenvalue weighted by Crippen LogP contribution is -2.18. The lowest BCUT2D eigenvalue weighted by molar-refractivity contribution is 0.450. The zero-order chi connectivity index (χ0) is 18.7. The van der Waals surface area contributed by atoms with Crippen LogP contribution in [0.3, 0.4) is 0 Å². The van der Waals surface area contributed by atoms with E-state index in [1.807, 2.05) is 24.3 Å². The number of benzene rings is 2. The molecule has 0 atom stereocenters. The van der Waals surface area contributed by atoms with Crippen LogP contribution >= 0.6 is 0 Å². The van der Waals surface area contributed by atoms with Crippen LogP contribution in [0.15, 0.2) is 64.5 Å². The minimum absolute atomic E-state index is 0.00498. The Kier molecular flexibility index (Phi) is 4.70. The van der Waals surface area contributed by atoms with Crippen molar-refractivity contribution in [1.82, 2.24) is 9.78 Å². The van der Waals surface area contributed by atoms with E-state index in [1.54, 1.807) is 26.1 Å². The molecule has 132 valence electrons. The first kappa shape index (κ1) is 17.2. The second kappa shape index (κ2) is 7.10. The lowest BCUT2D eigenvalue weighted by atomic mass is 10.1. The van der Waals surface area contributed by atoms with Gasteiger partial charge >= 0.3 is 0 Å². The highest BCUT2D eigenvalue weighted by molar-refractivity contribution is 6.01. The number of nitrogens with one attached hydrogen (secondary N) is 1. The van der Waals surface area contributed by atoms with Gasteiger partial charge in [-0.3, -0.25) is 10.2 Å². The highest BCUT2D eigenvalue weighted by atomic mass is 16.3. The Morgan fingerprint density at radius 2 is 1.81 bits per heavy atom. The van der Waals surface area contributed by atoms with Crippen molar-refractivity contribution in [3.05, 3.63) is 70.5 Å². The van der Waals surface area contributed by atoms with Gasteiger partial charge in [-0.1, -0.05) is 12.1 Å². The number of rotatable bonds is 4. The van der Waals surface area contributed by atoms with Crippen molar-refractivity contribution < 1.29 is 10.2 Å². The fraction of sp³-hybridized carbons (Fsp3) is 0.105. The zero-order valence-electron chi connectivity index (χ0n) is 14.3. The van der Waals surface area contributed by atoms with E-state index in [0.29, 0.717) is 17.0 Å². The van der Waals surface area contributed by atoms with Gasteiger partial charge in [0.05, 0.1) is 17.1 Å². The summed E-state index contributed by atoms with van der Waals surface area (Å²) in [5.74, 6) is -0.0428. The summed E-state index contributed by atoms with van der Waals surface area (Å²) >= 11 is 0. The molecule has 0 amide bonds. The predicted molar refractivity (Wildman–Crippen MR) is 101 cm³/mol. The number of aromatic nitrogens is 2. The standard InChI is InChI=1S/C19H18N4O3/c1-12(16-8-7-15(24)11-18(16)25)20-21-14-5-3-13(4-6-14)17-9-10-19(26)23(2)22-17/h3-11,21,24-25H,1-2H3. The largest absolute Gasteiger partial charge is 0.508 e. The molecule has 3 N–H and O–H groups in total. The molecule has 1 aromatic heterocycles. The highest BCUT2D eigenvalue weighted by Gasteiger charge is 2.06. The van der Waals surface area contributed by atoms with Crippen LogP contribution in [0.1, 0.15) is 12.5 Å². The monoisotopic (exact) mass is 350 g/mol. The molecule has 2 aromatic carbocycles. The molecule has 0 unspecified atom stereocenters. The first-order valence-electron chi connectivity index (χ1n) is 7.91. The Bertz CT molecular complexity index is 1020. The van der Waals surface area contributed by atoms with Crippen molar-refractivity contribution in [3.63, 3.8) is 0 Å². The minimum Gasteiger partial charge on any atom is -0.508 e. The summed E-state index contributed by atoms with van der Waals surface area (Å²) in [5.41, 5.74) is 6.21. The van der Waals surface area contributed by atoms with Gasteiger partial charge in [-0.2, -0.15) is 10.2 Å². The third-order valence-corrected chi connectivity index (χ3v) is 3.86. The maximum atomic E-state index is 11.4. The van der Waals surface area contributed by atoms with Crippen molar-refractivity contribution in [3.8, 4) is 22.8 Å². The maximum Gasteiger partial charge on any atom is 0.266 e. The van der Waals surface area contributed by atoms with Crippen LogP contribution < -0.4 is 11.0 Å². The Morgan fingerprint density at radius 1 is 1.08 bits per heavy atom. The van der Waals surface area contributed by atoms with Gasteiger partial charge in [-0.15, -0.1) is 0 Å². The highest BCUT2D eigenvalue weighted by Crippen LogP contribution is 2.23. The van der Waals surface area contributed by atoms with Crippen LogP contribution in [0.4, 0.5) is 5.69 Å². The summed E-state index contributed by atoms with van der Waals surface area (Å²) < 4.78 is 1.29. The Labute approximate surface area is 149 Å². The number of hydrazone groups is 1. The molecular weight excluding hydrogens is 332 g/mol. The SMILES string of the molecule is CC(=NNc1ccc(-c2ccc(=O)n(C)n2)cc1)c1ccc(O)cc1O. The number of nitrogens with zero attached hydrogens (tertiary/aromatic N) is 3. The van der Waals surface area contributed by atoms with Gasteiger partial charge in [0.1, 0.15) is 11.5 Å². The van der Waals surface area contributed by atoms with Crippen LogP contribution in [0.2, 0.25) is 0 Å². The molecular formula is C19H18N4O3. The first-order chi connectivity index (χ1) is 12.4. The maximum absolute atomic E-state index is 11.4. The Balaban J connectivity index is 1.76. The molecule has 0 aliphatic rings. The van der Waals surface area contributed by atoms with Crippen molar-refractivity contribution in [1.29, 1.82) is 0 Å². The van der Waals surface area contributed by atoms with Crippen molar-refractivity contribution >= 4 is 11.4 Å². The van der Waals surface area contributed by atoms with Gasteiger partial charge in [-0.25, -0.2) is 4.68 Å². The number of aromatic hydroxyl groups is 2. The van der Waals surface area contributed by atoms with Gasteiger partial charge in [0.15, 0.2) is 0 Å². The third kappa shape index (κ3) is 3.72. The second-order valence-corrected chi connectivity index (χ2v) is 5.77. The van der Waals surface area contributed by atoms with Crippen molar-refractivity contribution in [2.24, 2.45) is 12.1 Å². The van der Waals surface area contributed by atoms with Crippen molar-refractivity contribution in [2.75, 3.05) is 5.43 Å². The van der Waals surface area contributed by atoms with Gasteiger partial charge in [0, 0.05) is 30.3 Å². The first-order valence-corrected chi connectivity index (χ1v) is 7.91. The number of phenolic OH excluding ortho intramolecular Hbond substituents is 2. The minimum atomic E-state index is -0.158. The fourth-order valence-electron chi connectivity index (χ4n) is 2.41. The van der Waals surface area contributed by atoms with Gasteiger partial charge in [0.25, 0.3) is 5.56 Å². The van der Waals surface area contributed by atoms with Crippen molar-refractivity contribution in [2.45, 2.75) is 6.92 Å². The van der Waals surface area contributed by atoms with Gasteiger partial charge in [0.2, 0.25) is 0 Å². The molecule has 7 heteroatoms. The molecule has 0 fully saturated rings. The van der Waals surface area contributed by atoms with Crippen LogP contribution in [0.25, 0.3) is 11.3 Å². The molecule has 0 saturated carbocycles. The Morgan fingerprint density at radius 3 is 2.46 bits per heavy atom. The molecule has 3 rings (SSSR count). The lowest BCUT2D eigenvalue weighted by Gasteiger charge is -2.07. The van der Waals surface area contributed by atoms with E-state index in [2.05, 4.69) is 15.6 Å². The molecule has 26 heavy (non-hydrogen) atoms. The molecule has 1 heterocycles. The van der Waals surface area contributed by atoms with Crippen LogP contribution in [-0.4, -0.2) is 25.7 Å². The number of hydrogen-bond donors (Lipinski definition) is 3. The number of aryl methyl sites for hydroxylation is 1. The van der Waals surface area contributed by atoms with E-state index in [-0.39, 0.29) is 17.1 Å². The fourth-order valence-corrected chi connectivity index (χ4v) is 2.41. The van der Waals surface area contributed by atoms with E-state index in [1.165, 1.54) is 22.9 Å². The summed E-state index contributed by atoms with van der Waals surface area (Å²) in [7, 11) is 1.61. The van der Waals surface area contributed by atoms with Crippen LogP contribution in [0.5, 0.6) is 11.5 Å². The molecule has 7 nitrogen and oxygen atoms in total.